The Bertz CT molecular complexity index is 603. The van der Waals surface area contributed by atoms with E-state index in [1.54, 1.807) is 0 Å². The van der Waals surface area contributed by atoms with Crippen LogP contribution in [0.5, 0.6) is 0 Å². The molecule has 0 radical (unpaired) electrons. The van der Waals surface area contributed by atoms with E-state index in [1.807, 2.05) is 0 Å². The summed E-state index contributed by atoms with van der Waals surface area (Å²) in [5.41, 5.74) is 0.439. The Hall–Kier alpha value is -1.51. The Kier molecular flexibility index (Phi) is 4.92. The summed E-state index contributed by atoms with van der Waals surface area (Å²) in [6, 6.07) is 4.28. The predicted octanol–water partition coefficient (Wildman–Crippen LogP) is 0.275. The number of carbonyl (C=O) groups is 1. The number of benzene rings is 1. The molecule has 1 aromatic rings. The monoisotopic (exact) mass is 316 g/mol. The van der Waals surface area contributed by atoms with Gasteiger partial charge in [-0.25, -0.2) is 12.8 Å². The van der Waals surface area contributed by atoms with E-state index < -0.39 is 27.8 Å². The second-order valence-electron chi connectivity index (χ2n) is 4.66. The summed E-state index contributed by atoms with van der Waals surface area (Å²) in [6.45, 7) is 0.485. The van der Waals surface area contributed by atoms with Crippen LogP contribution in [0.1, 0.15) is 11.6 Å². The van der Waals surface area contributed by atoms with Gasteiger partial charge in [-0.1, -0.05) is 12.1 Å². The van der Waals surface area contributed by atoms with Crippen molar-refractivity contribution in [2.45, 2.75) is 6.04 Å². The van der Waals surface area contributed by atoms with E-state index in [1.165, 1.54) is 31.4 Å². The molecule has 1 heterocycles. The molecule has 1 aliphatic heterocycles. The molecule has 1 fully saturated rings. The first-order chi connectivity index (χ1) is 9.95. The summed E-state index contributed by atoms with van der Waals surface area (Å²) in [4.78, 5) is 12.1. The molecule has 8 heteroatoms. The Morgan fingerprint density at radius 1 is 1.38 bits per heavy atom. The third-order valence-corrected chi connectivity index (χ3v) is 5.05. The third-order valence-electron chi connectivity index (χ3n) is 3.26. The molecule has 1 unspecified atom stereocenters. The molecule has 116 valence electrons. The maximum absolute atomic E-state index is 13.0. The van der Waals surface area contributed by atoms with E-state index in [0.717, 1.165) is 4.31 Å². The quantitative estimate of drug-likeness (QED) is 0.846. The van der Waals surface area contributed by atoms with Crippen molar-refractivity contribution in [2.24, 2.45) is 0 Å². The van der Waals surface area contributed by atoms with Gasteiger partial charge < -0.3 is 10.1 Å². The highest BCUT2D eigenvalue weighted by Gasteiger charge is 2.38. The molecule has 6 nitrogen and oxygen atoms in total. The molecular weight excluding hydrogens is 299 g/mol. The number of piperazine rings is 1. The van der Waals surface area contributed by atoms with Gasteiger partial charge in [0.25, 0.3) is 0 Å². The number of hydrogen-bond acceptors (Lipinski definition) is 4. The fourth-order valence-corrected chi connectivity index (χ4v) is 3.73. The lowest BCUT2D eigenvalue weighted by Crippen LogP contribution is -2.52. The van der Waals surface area contributed by atoms with Crippen molar-refractivity contribution in [3.63, 3.8) is 0 Å². The van der Waals surface area contributed by atoms with Crippen LogP contribution in [-0.4, -0.2) is 51.2 Å². The smallest absolute Gasteiger partial charge is 0.243 e. The van der Waals surface area contributed by atoms with E-state index in [9.17, 15) is 17.6 Å². The van der Waals surface area contributed by atoms with Crippen molar-refractivity contribution in [1.82, 2.24) is 9.62 Å². The number of sulfonamides is 1. The molecule has 1 amide bonds. The zero-order chi connectivity index (χ0) is 15.5. The van der Waals surface area contributed by atoms with Gasteiger partial charge in [-0.3, -0.25) is 4.79 Å². The van der Waals surface area contributed by atoms with Crippen molar-refractivity contribution >= 4 is 15.9 Å². The minimum Gasteiger partial charge on any atom is -0.384 e. The van der Waals surface area contributed by atoms with Gasteiger partial charge >= 0.3 is 0 Å². The Morgan fingerprint density at radius 2 is 2.05 bits per heavy atom. The normalized spacial score (nSPS) is 20.3. The molecule has 0 saturated carbocycles. The maximum atomic E-state index is 13.0. The van der Waals surface area contributed by atoms with Gasteiger partial charge in [0, 0.05) is 20.2 Å². The lowest BCUT2D eigenvalue weighted by molar-refractivity contribution is -0.126. The van der Waals surface area contributed by atoms with Crippen molar-refractivity contribution in [2.75, 3.05) is 32.6 Å². The molecule has 1 aliphatic rings. The predicted molar refractivity (Wildman–Crippen MR) is 74.5 cm³/mol. The fourth-order valence-electron chi connectivity index (χ4n) is 2.21. The molecule has 0 bridgehead atoms. The number of nitrogens with one attached hydrogen (secondary N) is 1. The van der Waals surface area contributed by atoms with Crippen LogP contribution in [0.4, 0.5) is 4.39 Å². The van der Waals surface area contributed by atoms with Crippen molar-refractivity contribution in [3.05, 3.63) is 35.6 Å². The summed E-state index contributed by atoms with van der Waals surface area (Å²) >= 11 is 0. The van der Waals surface area contributed by atoms with E-state index in [-0.39, 0.29) is 25.4 Å². The lowest BCUT2D eigenvalue weighted by Gasteiger charge is -2.34. The Balaban J connectivity index is 2.33. The summed E-state index contributed by atoms with van der Waals surface area (Å²) in [5.74, 6) is -1.05. The summed E-state index contributed by atoms with van der Waals surface area (Å²) < 4.78 is 43.6. The van der Waals surface area contributed by atoms with E-state index >= 15 is 0 Å². The highest BCUT2D eigenvalue weighted by atomic mass is 32.2. The van der Waals surface area contributed by atoms with Gasteiger partial charge in [-0.15, -0.1) is 0 Å². The number of halogens is 1. The number of carbonyl (C=O) groups excluding carboxylic acids is 1. The molecule has 2 rings (SSSR count). The van der Waals surface area contributed by atoms with Crippen LogP contribution in [-0.2, 0) is 19.6 Å². The van der Waals surface area contributed by atoms with Gasteiger partial charge in [0.2, 0.25) is 15.9 Å². The zero-order valence-corrected chi connectivity index (χ0v) is 12.4. The maximum Gasteiger partial charge on any atom is 0.243 e. The summed E-state index contributed by atoms with van der Waals surface area (Å²) in [5, 5.41) is 2.63. The van der Waals surface area contributed by atoms with E-state index in [0.29, 0.717) is 5.56 Å². The number of amides is 1. The van der Waals surface area contributed by atoms with Crippen LogP contribution < -0.4 is 5.32 Å². The van der Waals surface area contributed by atoms with Gasteiger partial charge in [0.05, 0.1) is 12.4 Å². The number of hydrogen-bond donors (Lipinski definition) is 1. The molecular formula is C13H17FN2O4S. The van der Waals surface area contributed by atoms with Crippen LogP contribution in [0, 0.1) is 5.82 Å². The highest BCUT2D eigenvalue weighted by molar-refractivity contribution is 7.89. The number of nitrogens with zero attached hydrogens (tertiary/aromatic N) is 1. The van der Waals surface area contributed by atoms with Crippen LogP contribution in [0.25, 0.3) is 0 Å². The summed E-state index contributed by atoms with van der Waals surface area (Å²) in [6.07, 6.45) is 0. The first kappa shape index (κ1) is 15.9. The molecule has 21 heavy (non-hydrogen) atoms. The number of ether oxygens (including phenoxy) is 1. The van der Waals surface area contributed by atoms with Crippen LogP contribution in [0.2, 0.25) is 0 Å². The largest absolute Gasteiger partial charge is 0.384 e. The van der Waals surface area contributed by atoms with Gasteiger partial charge in [0.15, 0.2) is 0 Å². The molecule has 0 aliphatic carbocycles. The molecule has 1 atom stereocenters. The van der Waals surface area contributed by atoms with Crippen molar-refractivity contribution in [1.29, 1.82) is 0 Å². The van der Waals surface area contributed by atoms with E-state index in [4.69, 9.17) is 4.74 Å². The van der Waals surface area contributed by atoms with Crippen LogP contribution in [0.3, 0.4) is 0 Å². The summed E-state index contributed by atoms with van der Waals surface area (Å²) in [7, 11) is -2.22. The Labute approximate surface area is 122 Å². The second kappa shape index (κ2) is 6.50. The van der Waals surface area contributed by atoms with E-state index in [2.05, 4.69) is 5.32 Å². The first-order valence-corrected chi connectivity index (χ1v) is 8.08. The number of rotatable bonds is 5. The Morgan fingerprint density at radius 3 is 2.67 bits per heavy atom. The second-order valence-corrected chi connectivity index (χ2v) is 6.71. The third kappa shape index (κ3) is 3.58. The molecule has 1 aromatic carbocycles. The van der Waals surface area contributed by atoms with Gasteiger partial charge in [-0.05, 0) is 17.7 Å². The topological polar surface area (TPSA) is 75.7 Å². The molecule has 1 saturated heterocycles. The number of methoxy groups -OCH3 is 1. The van der Waals surface area contributed by atoms with Crippen LogP contribution in [0.15, 0.2) is 24.3 Å². The zero-order valence-electron chi connectivity index (χ0n) is 11.6. The van der Waals surface area contributed by atoms with Gasteiger partial charge in [0.1, 0.15) is 11.9 Å². The van der Waals surface area contributed by atoms with Gasteiger partial charge in [-0.2, -0.15) is 4.31 Å². The molecule has 1 N–H and O–H groups in total. The molecule has 0 spiro atoms. The average Bonchev–Trinajstić information content (AvgIpc) is 2.46. The first-order valence-electron chi connectivity index (χ1n) is 6.47. The lowest BCUT2D eigenvalue weighted by atomic mass is 10.0. The SMILES string of the molecule is COCCS(=O)(=O)N1CCNC(=O)C1c1ccc(F)cc1. The fraction of sp³-hybridized carbons (Fsp3) is 0.462. The highest BCUT2D eigenvalue weighted by Crippen LogP contribution is 2.26. The standard InChI is InChI=1S/C13H17FN2O4S/c1-20-8-9-21(18,19)16-7-6-15-13(17)12(16)10-2-4-11(14)5-3-10/h2-5,12H,6-9H2,1H3,(H,15,17). The average molecular weight is 316 g/mol. The van der Waals surface area contributed by atoms with Crippen molar-refractivity contribution < 1.29 is 22.3 Å². The van der Waals surface area contributed by atoms with Crippen molar-refractivity contribution in [3.8, 4) is 0 Å². The minimum atomic E-state index is -3.63. The molecule has 0 aromatic heterocycles. The van der Waals surface area contributed by atoms with Crippen LogP contribution >= 0.6 is 0 Å². The minimum absolute atomic E-state index is 0.0522.